The van der Waals surface area contributed by atoms with Crippen LogP contribution in [0.25, 0.3) is 10.2 Å². The molecule has 4 aromatic rings. The van der Waals surface area contributed by atoms with Crippen molar-refractivity contribution in [1.82, 2.24) is 9.88 Å². The van der Waals surface area contributed by atoms with Crippen molar-refractivity contribution in [3.8, 4) is 0 Å². The summed E-state index contributed by atoms with van der Waals surface area (Å²) in [5, 5.41) is 0.605. The molecule has 0 spiro atoms. The van der Waals surface area contributed by atoms with Crippen LogP contribution in [0.3, 0.4) is 0 Å². The van der Waals surface area contributed by atoms with E-state index in [1.165, 1.54) is 27.8 Å². The molecule has 10 heteroatoms. The predicted octanol–water partition coefficient (Wildman–Crippen LogP) is 5.48. The standard InChI is InChI=1S/C26H27BrN4O3S2/c1-4-31(21-8-6-5-7-9-21)36(33,34)22-13-10-19(11-14-22)25(32)30(17-16-29(2)3)26-28-23-15-12-20(27)18-24(23)35-26/h5-15,18H,4,16-17H2,1-3H3. The largest absolute Gasteiger partial charge is 0.308 e. The number of rotatable bonds is 9. The summed E-state index contributed by atoms with van der Waals surface area (Å²) in [6.45, 7) is 3.19. The van der Waals surface area contributed by atoms with E-state index in [-0.39, 0.29) is 10.8 Å². The van der Waals surface area contributed by atoms with E-state index in [0.29, 0.717) is 36.0 Å². The Morgan fingerprint density at radius 1 is 0.972 bits per heavy atom. The summed E-state index contributed by atoms with van der Waals surface area (Å²) in [7, 11) is 0.122. The van der Waals surface area contributed by atoms with E-state index in [4.69, 9.17) is 0 Å². The van der Waals surface area contributed by atoms with Gasteiger partial charge in [0.25, 0.3) is 15.9 Å². The highest BCUT2D eigenvalue weighted by Gasteiger charge is 2.25. The number of benzene rings is 3. The number of hydrogen-bond donors (Lipinski definition) is 0. The molecule has 0 saturated carbocycles. The Hall–Kier alpha value is -2.79. The van der Waals surface area contributed by atoms with E-state index < -0.39 is 10.0 Å². The third kappa shape index (κ3) is 5.62. The molecule has 188 valence electrons. The molecule has 0 aliphatic heterocycles. The van der Waals surface area contributed by atoms with Crippen molar-refractivity contribution in [2.75, 3.05) is 42.9 Å². The summed E-state index contributed by atoms with van der Waals surface area (Å²) in [5.41, 5.74) is 1.82. The first-order chi connectivity index (χ1) is 17.2. The highest BCUT2D eigenvalue weighted by Crippen LogP contribution is 2.32. The van der Waals surface area contributed by atoms with Crippen molar-refractivity contribution in [2.45, 2.75) is 11.8 Å². The molecule has 1 amide bonds. The normalized spacial score (nSPS) is 11.7. The topological polar surface area (TPSA) is 73.8 Å². The van der Waals surface area contributed by atoms with Crippen LogP contribution in [-0.4, -0.2) is 57.9 Å². The number of carbonyl (C=O) groups is 1. The monoisotopic (exact) mass is 586 g/mol. The maximum Gasteiger partial charge on any atom is 0.264 e. The zero-order chi connectivity index (χ0) is 25.9. The molecular weight excluding hydrogens is 560 g/mol. The number of halogens is 1. The number of fused-ring (bicyclic) bond motifs is 1. The number of hydrogen-bond acceptors (Lipinski definition) is 6. The van der Waals surface area contributed by atoms with Gasteiger partial charge in [-0.2, -0.15) is 0 Å². The van der Waals surface area contributed by atoms with Gasteiger partial charge >= 0.3 is 0 Å². The fourth-order valence-corrected chi connectivity index (χ4v) is 6.74. The lowest BCUT2D eigenvalue weighted by Crippen LogP contribution is -2.36. The smallest absolute Gasteiger partial charge is 0.264 e. The van der Waals surface area contributed by atoms with Gasteiger partial charge in [0.05, 0.1) is 20.8 Å². The Kier molecular flexibility index (Phi) is 8.09. The average Bonchev–Trinajstić information content (AvgIpc) is 3.27. The second-order valence-corrected chi connectivity index (χ2v) is 12.2. The minimum atomic E-state index is -3.77. The summed E-state index contributed by atoms with van der Waals surface area (Å²) < 4.78 is 29.9. The highest BCUT2D eigenvalue weighted by atomic mass is 79.9. The van der Waals surface area contributed by atoms with Crippen LogP contribution in [0.2, 0.25) is 0 Å². The van der Waals surface area contributed by atoms with Gasteiger partial charge in [0.15, 0.2) is 5.13 Å². The van der Waals surface area contributed by atoms with Gasteiger partial charge in [0.2, 0.25) is 0 Å². The Morgan fingerprint density at radius 2 is 1.67 bits per heavy atom. The molecule has 0 aliphatic rings. The second kappa shape index (κ2) is 11.1. The van der Waals surface area contributed by atoms with E-state index in [2.05, 4.69) is 20.9 Å². The molecule has 1 heterocycles. The van der Waals surface area contributed by atoms with Crippen LogP contribution >= 0.6 is 27.3 Å². The zero-order valence-corrected chi connectivity index (χ0v) is 23.5. The van der Waals surface area contributed by atoms with Gasteiger partial charge in [-0.25, -0.2) is 13.4 Å². The minimum Gasteiger partial charge on any atom is -0.308 e. The van der Waals surface area contributed by atoms with Gasteiger partial charge < -0.3 is 4.90 Å². The highest BCUT2D eigenvalue weighted by molar-refractivity contribution is 9.10. The summed E-state index contributed by atoms with van der Waals surface area (Å²) in [4.78, 5) is 22.1. The van der Waals surface area contributed by atoms with Gasteiger partial charge in [0, 0.05) is 29.7 Å². The summed E-state index contributed by atoms with van der Waals surface area (Å²) in [5.74, 6) is -0.227. The van der Waals surface area contributed by atoms with Gasteiger partial charge in [-0.1, -0.05) is 45.5 Å². The number of anilines is 2. The number of nitrogens with zero attached hydrogens (tertiary/aromatic N) is 4. The number of amides is 1. The van der Waals surface area contributed by atoms with Crippen molar-refractivity contribution in [2.24, 2.45) is 0 Å². The van der Waals surface area contributed by atoms with Crippen LogP contribution < -0.4 is 9.21 Å². The molecule has 3 aromatic carbocycles. The number of para-hydroxylation sites is 1. The molecule has 36 heavy (non-hydrogen) atoms. The van der Waals surface area contributed by atoms with Crippen LogP contribution in [0.1, 0.15) is 17.3 Å². The fourth-order valence-electron chi connectivity index (χ4n) is 3.72. The quantitative estimate of drug-likeness (QED) is 0.259. The van der Waals surface area contributed by atoms with Crippen molar-refractivity contribution in [3.63, 3.8) is 0 Å². The van der Waals surface area contributed by atoms with Gasteiger partial charge in [-0.05, 0) is 75.6 Å². The third-order valence-electron chi connectivity index (χ3n) is 5.61. The van der Waals surface area contributed by atoms with Crippen molar-refractivity contribution in [3.05, 3.63) is 82.8 Å². The molecule has 0 atom stereocenters. The molecule has 0 aliphatic carbocycles. The molecule has 0 unspecified atom stereocenters. The van der Waals surface area contributed by atoms with Crippen LogP contribution in [-0.2, 0) is 10.0 Å². The SMILES string of the molecule is CCN(c1ccccc1)S(=O)(=O)c1ccc(C(=O)N(CCN(C)C)c2nc3ccc(Br)cc3s2)cc1. The Bertz CT molecular complexity index is 1460. The van der Waals surface area contributed by atoms with Crippen molar-refractivity contribution in [1.29, 1.82) is 0 Å². The molecular formula is C26H27BrN4O3S2. The van der Waals surface area contributed by atoms with Crippen molar-refractivity contribution >= 4 is 64.2 Å². The van der Waals surface area contributed by atoms with E-state index in [1.54, 1.807) is 48.2 Å². The Balaban J connectivity index is 1.64. The number of sulfonamides is 1. The Labute approximate surface area is 224 Å². The van der Waals surface area contributed by atoms with E-state index in [0.717, 1.165) is 14.7 Å². The molecule has 0 fully saturated rings. The minimum absolute atomic E-state index is 0.134. The molecule has 4 rings (SSSR count). The molecule has 0 N–H and O–H groups in total. The van der Waals surface area contributed by atoms with E-state index in [1.807, 2.05) is 43.3 Å². The van der Waals surface area contributed by atoms with Crippen LogP contribution in [0.15, 0.2) is 82.2 Å². The predicted molar refractivity (Wildman–Crippen MR) is 151 cm³/mol. The molecule has 7 nitrogen and oxygen atoms in total. The molecule has 1 aromatic heterocycles. The first-order valence-electron chi connectivity index (χ1n) is 11.4. The van der Waals surface area contributed by atoms with E-state index >= 15 is 0 Å². The van der Waals surface area contributed by atoms with Gasteiger partial charge in [0.1, 0.15) is 0 Å². The number of aromatic nitrogens is 1. The van der Waals surface area contributed by atoms with E-state index in [9.17, 15) is 13.2 Å². The fraction of sp³-hybridized carbons (Fsp3) is 0.231. The van der Waals surface area contributed by atoms with Crippen molar-refractivity contribution < 1.29 is 13.2 Å². The van der Waals surface area contributed by atoms with Gasteiger partial charge in [-0.15, -0.1) is 0 Å². The molecule has 0 saturated heterocycles. The second-order valence-electron chi connectivity index (χ2n) is 8.40. The summed E-state index contributed by atoms with van der Waals surface area (Å²) >= 11 is 4.94. The first-order valence-corrected chi connectivity index (χ1v) is 14.5. The summed E-state index contributed by atoms with van der Waals surface area (Å²) in [6.07, 6.45) is 0. The third-order valence-corrected chi connectivity index (χ3v) is 9.06. The first kappa shape index (κ1) is 26.3. The van der Waals surface area contributed by atoms with Gasteiger partial charge in [-0.3, -0.25) is 14.0 Å². The average molecular weight is 588 g/mol. The maximum absolute atomic E-state index is 13.6. The lowest BCUT2D eigenvalue weighted by atomic mass is 10.2. The Morgan fingerprint density at radius 3 is 2.31 bits per heavy atom. The number of likely N-dealkylation sites (N-methyl/N-ethyl adjacent to an activating group) is 1. The maximum atomic E-state index is 13.6. The van der Waals surface area contributed by atoms with Crippen LogP contribution in [0, 0.1) is 0 Å². The zero-order valence-electron chi connectivity index (χ0n) is 20.3. The number of carbonyl (C=O) groups excluding carboxylic acids is 1. The lowest BCUT2D eigenvalue weighted by molar-refractivity contribution is 0.0985. The molecule has 0 radical (unpaired) electrons. The summed E-state index contributed by atoms with van der Waals surface area (Å²) in [6, 6.07) is 20.9. The lowest BCUT2D eigenvalue weighted by Gasteiger charge is -2.24. The number of thiazole rings is 1. The molecule has 0 bridgehead atoms. The van der Waals surface area contributed by atoms with Crippen LogP contribution in [0.4, 0.5) is 10.8 Å². The van der Waals surface area contributed by atoms with Crippen LogP contribution in [0.5, 0.6) is 0 Å².